The van der Waals surface area contributed by atoms with Crippen molar-refractivity contribution < 1.29 is 9.59 Å². The summed E-state index contributed by atoms with van der Waals surface area (Å²) in [5.41, 5.74) is 7.31. The Bertz CT molecular complexity index is 701. The van der Waals surface area contributed by atoms with E-state index in [9.17, 15) is 9.59 Å². The van der Waals surface area contributed by atoms with Crippen LogP contribution in [0, 0.1) is 12.8 Å². The second-order valence-corrected chi connectivity index (χ2v) is 6.24. The quantitative estimate of drug-likeness (QED) is 0.688. The third-order valence-electron chi connectivity index (χ3n) is 3.29. The van der Waals surface area contributed by atoms with Crippen LogP contribution in [-0.4, -0.2) is 16.3 Å². The number of nitrogens with zero attached hydrogens (tertiary/aromatic N) is 1. The number of ketones is 1. The summed E-state index contributed by atoms with van der Waals surface area (Å²) >= 11 is 3.44. The topological polar surface area (TPSA) is 65.1 Å². The van der Waals surface area contributed by atoms with Gasteiger partial charge in [-0.15, -0.1) is 0 Å². The number of fused-ring (bicyclic) bond motifs is 1. The van der Waals surface area contributed by atoms with Crippen LogP contribution in [0.3, 0.4) is 0 Å². The number of rotatable bonds is 4. The second-order valence-electron chi connectivity index (χ2n) is 5.32. The molecule has 4 nitrogen and oxygen atoms in total. The molecule has 0 saturated heterocycles. The number of halogens is 1. The van der Waals surface area contributed by atoms with E-state index in [1.54, 1.807) is 0 Å². The van der Waals surface area contributed by atoms with Crippen LogP contribution in [-0.2, 0) is 11.3 Å². The lowest BCUT2D eigenvalue weighted by molar-refractivity contribution is -0.114. The highest BCUT2D eigenvalue weighted by Crippen LogP contribution is 2.29. The molecule has 0 atom stereocenters. The maximum atomic E-state index is 12.1. The minimum atomic E-state index is -0.917. The number of aromatic nitrogens is 1. The smallest absolute Gasteiger partial charge is 0.289 e. The Labute approximate surface area is 126 Å². The van der Waals surface area contributed by atoms with E-state index in [1.807, 2.05) is 25.1 Å². The molecule has 0 aliphatic heterocycles. The molecule has 1 amide bonds. The molecule has 0 aliphatic carbocycles. The molecule has 0 spiro atoms. The molecule has 0 aliphatic rings. The van der Waals surface area contributed by atoms with Crippen LogP contribution in [0.2, 0.25) is 0 Å². The molecule has 0 fully saturated rings. The maximum absolute atomic E-state index is 12.1. The summed E-state index contributed by atoms with van der Waals surface area (Å²) in [5.74, 6) is -1.11. The Morgan fingerprint density at radius 3 is 2.55 bits per heavy atom. The van der Waals surface area contributed by atoms with Crippen LogP contribution in [0.4, 0.5) is 0 Å². The lowest BCUT2D eigenvalue weighted by Crippen LogP contribution is -2.23. The Morgan fingerprint density at radius 1 is 1.35 bits per heavy atom. The number of hydrogen-bond acceptors (Lipinski definition) is 2. The number of carbonyl (C=O) groups excluding carboxylic acids is 2. The first kappa shape index (κ1) is 14.8. The van der Waals surface area contributed by atoms with Gasteiger partial charge in [0.2, 0.25) is 0 Å². The number of hydrogen-bond donors (Lipinski definition) is 1. The number of nitrogens with two attached hydrogens (primary N) is 1. The van der Waals surface area contributed by atoms with E-state index in [0.29, 0.717) is 11.5 Å². The zero-order valence-electron chi connectivity index (χ0n) is 11.7. The molecule has 2 N–H and O–H groups in total. The first-order valence-corrected chi connectivity index (χ1v) is 7.24. The van der Waals surface area contributed by atoms with Crippen LogP contribution in [0.25, 0.3) is 10.9 Å². The van der Waals surface area contributed by atoms with Crippen molar-refractivity contribution in [1.82, 2.24) is 4.57 Å². The fraction of sp³-hybridized carbons (Fsp3) is 0.333. The minimum Gasteiger partial charge on any atom is -0.363 e. The van der Waals surface area contributed by atoms with Crippen molar-refractivity contribution in [2.45, 2.75) is 27.3 Å². The van der Waals surface area contributed by atoms with Gasteiger partial charge in [0.25, 0.3) is 11.7 Å². The van der Waals surface area contributed by atoms with Crippen molar-refractivity contribution in [1.29, 1.82) is 0 Å². The summed E-state index contributed by atoms with van der Waals surface area (Å²) in [6, 6.07) is 5.67. The summed E-state index contributed by atoms with van der Waals surface area (Å²) in [6.07, 6.45) is 0. The average Bonchev–Trinajstić information content (AvgIpc) is 2.61. The average molecular weight is 337 g/mol. The van der Waals surface area contributed by atoms with Gasteiger partial charge < -0.3 is 10.3 Å². The van der Waals surface area contributed by atoms with Gasteiger partial charge in [-0.2, -0.15) is 0 Å². The fourth-order valence-electron chi connectivity index (χ4n) is 2.46. The highest BCUT2D eigenvalue weighted by atomic mass is 79.9. The maximum Gasteiger partial charge on any atom is 0.289 e. The number of carbonyl (C=O) groups is 2. The predicted octanol–water partition coefficient (Wildman–Crippen LogP) is 3.04. The Hall–Kier alpha value is -1.62. The summed E-state index contributed by atoms with van der Waals surface area (Å²) < 4.78 is 3.01. The molecule has 1 aromatic carbocycles. The normalized spacial score (nSPS) is 11.2. The number of primary amides is 1. The third-order valence-corrected chi connectivity index (χ3v) is 3.78. The monoisotopic (exact) mass is 336 g/mol. The first-order valence-electron chi connectivity index (χ1n) is 6.45. The van der Waals surface area contributed by atoms with Gasteiger partial charge in [-0.1, -0.05) is 35.8 Å². The molecule has 20 heavy (non-hydrogen) atoms. The Balaban J connectivity index is 2.78. The standard InChI is InChI=1S/C15H17BrN2O2/c1-8(2)7-18-9(3)13(14(19)15(17)20)11-5-4-10(16)6-12(11)18/h4-6,8H,7H2,1-3H3,(H2,17,20). The highest BCUT2D eigenvalue weighted by Gasteiger charge is 2.23. The zero-order chi connectivity index (χ0) is 15.0. The molecule has 0 radical (unpaired) electrons. The molecule has 2 rings (SSSR count). The Kier molecular flexibility index (Phi) is 3.99. The first-order chi connectivity index (χ1) is 9.32. The van der Waals surface area contributed by atoms with Gasteiger partial charge in [-0.05, 0) is 25.0 Å². The van der Waals surface area contributed by atoms with E-state index in [1.165, 1.54) is 0 Å². The lowest BCUT2D eigenvalue weighted by Gasteiger charge is -2.11. The minimum absolute atomic E-state index is 0.417. The van der Waals surface area contributed by atoms with Gasteiger partial charge in [0, 0.05) is 22.1 Å². The molecule has 106 valence electrons. The summed E-state index contributed by atoms with van der Waals surface area (Å²) in [7, 11) is 0. The zero-order valence-corrected chi connectivity index (χ0v) is 13.3. The molecule has 2 aromatic rings. The molecule has 0 bridgehead atoms. The molecule has 0 saturated carbocycles. The van der Waals surface area contributed by atoms with Crippen LogP contribution >= 0.6 is 15.9 Å². The molecule has 5 heteroatoms. The van der Waals surface area contributed by atoms with Crippen molar-refractivity contribution in [2.24, 2.45) is 11.7 Å². The second kappa shape index (κ2) is 5.40. The van der Waals surface area contributed by atoms with Gasteiger partial charge in [0.05, 0.1) is 11.1 Å². The van der Waals surface area contributed by atoms with Crippen LogP contribution in [0.1, 0.15) is 29.9 Å². The molecule has 1 heterocycles. The van der Waals surface area contributed by atoms with Crippen molar-refractivity contribution in [3.63, 3.8) is 0 Å². The summed E-state index contributed by atoms with van der Waals surface area (Å²) in [5, 5.41) is 0.773. The van der Waals surface area contributed by atoms with Crippen molar-refractivity contribution in [3.8, 4) is 0 Å². The molecular weight excluding hydrogens is 320 g/mol. The van der Waals surface area contributed by atoms with E-state index in [4.69, 9.17) is 5.73 Å². The molecular formula is C15H17BrN2O2. The van der Waals surface area contributed by atoms with E-state index in [0.717, 1.165) is 27.6 Å². The largest absolute Gasteiger partial charge is 0.363 e. The van der Waals surface area contributed by atoms with Gasteiger partial charge in [-0.3, -0.25) is 9.59 Å². The number of amides is 1. The van der Waals surface area contributed by atoms with Gasteiger partial charge in [0.1, 0.15) is 0 Å². The molecule has 0 unspecified atom stereocenters. The van der Waals surface area contributed by atoms with Crippen molar-refractivity contribution in [2.75, 3.05) is 0 Å². The van der Waals surface area contributed by atoms with Crippen LogP contribution < -0.4 is 5.73 Å². The van der Waals surface area contributed by atoms with Crippen molar-refractivity contribution in [3.05, 3.63) is 33.9 Å². The van der Waals surface area contributed by atoms with E-state index < -0.39 is 11.7 Å². The van der Waals surface area contributed by atoms with Crippen LogP contribution in [0.5, 0.6) is 0 Å². The van der Waals surface area contributed by atoms with E-state index in [-0.39, 0.29) is 0 Å². The SMILES string of the molecule is Cc1c(C(=O)C(N)=O)c2ccc(Br)cc2n1CC(C)C. The van der Waals surface area contributed by atoms with Crippen molar-refractivity contribution >= 4 is 38.5 Å². The van der Waals surface area contributed by atoms with Gasteiger partial charge in [-0.25, -0.2) is 0 Å². The summed E-state index contributed by atoms with van der Waals surface area (Å²) in [4.78, 5) is 23.3. The van der Waals surface area contributed by atoms with Gasteiger partial charge >= 0.3 is 0 Å². The van der Waals surface area contributed by atoms with Gasteiger partial charge in [0.15, 0.2) is 0 Å². The fourth-order valence-corrected chi connectivity index (χ4v) is 2.81. The highest BCUT2D eigenvalue weighted by molar-refractivity contribution is 9.10. The van der Waals surface area contributed by atoms with Crippen LogP contribution in [0.15, 0.2) is 22.7 Å². The lowest BCUT2D eigenvalue weighted by atomic mass is 10.1. The van der Waals surface area contributed by atoms with E-state index in [2.05, 4.69) is 34.3 Å². The van der Waals surface area contributed by atoms with E-state index >= 15 is 0 Å². The molecule has 1 aromatic heterocycles. The predicted molar refractivity (Wildman–Crippen MR) is 82.7 cm³/mol. The number of benzene rings is 1. The summed E-state index contributed by atoms with van der Waals surface area (Å²) in [6.45, 7) is 6.86. The third kappa shape index (κ3) is 2.50. The Morgan fingerprint density at radius 2 is 2.00 bits per heavy atom. The number of Topliss-reactive ketones (excluding diaryl/α,β-unsaturated/α-hetero) is 1.